The molecule has 112 valence electrons. The molecule has 1 aromatic heterocycles. The van der Waals surface area contributed by atoms with E-state index < -0.39 is 10.0 Å². The lowest BCUT2D eigenvalue weighted by Gasteiger charge is -2.19. The highest BCUT2D eigenvalue weighted by Crippen LogP contribution is 2.30. The Balaban J connectivity index is 2.13. The van der Waals surface area contributed by atoms with Crippen molar-refractivity contribution in [3.05, 3.63) is 67.1 Å². The molecule has 3 aromatic rings. The van der Waals surface area contributed by atoms with Gasteiger partial charge in [-0.05, 0) is 11.6 Å². The number of rotatable bonds is 4. The third kappa shape index (κ3) is 2.48. The van der Waals surface area contributed by atoms with E-state index in [4.69, 9.17) is 0 Å². The molecule has 6 heteroatoms. The number of imidazole rings is 1. The first-order valence-corrected chi connectivity index (χ1v) is 8.16. The molecule has 0 saturated heterocycles. The summed E-state index contributed by atoms with van der Waals surface area (Å²) in [6.07, 6.45) is 2.92. The monoisotopic (exact) mass is 313 g/mol. The summed E-state index contributed by atoms with van der Waals surface area (Å²) in [6, 6.07) is 16.4. The van der Waals surface area contributed by atoms with Gasteiger partial charge in [-0.2, -0.15) is 0 Å². The number of anilines is 1. The highest BCUT2D eigenvalue weighted by Gasteiger charge is 2.25. The maximum Gasteiger partial charge on any atom is 0.265 e. The Bertz CT molecular complexity index is 859. The van der Waals surface area contributed by atoms with Crippen LogP contribution < -0.4 is 4.31 Å². The Labute approximate surface area is 129 Å². The van der Waals surface area contributed by atoms with Crippen molar-refractivity contribution in [2.45, 2.75) is 4.90 Å². The van der Waals surface area contributed by atoms with Crippen LogP contribution in [0.25, 0.3) is 11.1 Å². The van der Waals surface area contributed by atoms with Crippen molar-refractivity contribution in [3.8, 4) is 11.1 Å². The Kier molecular flexibility index (Phi) is 3.68. The van der Waals surface area contributed by atoms with Crippen LogP contribution in [0.2, 0.25) is 0 Å². The minimum atomic E-state index is -3.68. The first-order valence-electron chi connectivity index (χ1n) is 6.72. The van der Waals surface area contributed by atoms with Crippen LogP contribution in [0.4, 0.5) is 5.82 Å². The molecule has 2 aromatic carbocycles. The highest BCUT2D eigenvalue weighted by molar-refractivity contribution is 7.93. The molecule has 0 spiro atoms. The molecule has 0 unspecified atom stereocenters. The lowest BCUT2D eigenvalue weighted by molar-refractivity contribution is 0.594. The van der Waals surface area contributed by atoms with E-state index in [1.807, 2.05) is 42.5 Å². The lowest BCUT2D eigenvalue weighted by Crippen LogP contribution is -2.27. The van der Waals surface area contributed by atoms with Crippen LogP contribution in [0.1, 0.15) is 0 Å². The van der Waals surface area contributed by atoms with E-state index >= 15 is 0 Å². The molecule has 0 aliphatic rings. The number of H-pyrrole nitrogens is 1. The first-order chi connectivity index (χ1) is 10.6. The third-order valence-electron chi connectivity index (χ3n) is 3.43. The Morgan fingerprint density at radius 2 is 1.68 bits per heavy atom. The van der Waals surface area contributed by atoms with Crippen LogP contribution in [0.15, 0.2) is 72.0 Å². The van der Waals surface area contributed by atoms with E-state index in [2.05, 4.69) is 9.97 Å². The minimum absolute atomic E-state index is 0.262. The molecular weight excluding hydrogens is 298 g/mol. The van der Waals surface area contributed by atoms with Crippen LogP contribution in [0.3, 0.4) is 0 Å². The molecule has 0 aliphatic heterocycles. The summed E-state index contributed by atoms with van der Waals surface area (Å²) in [5.41, 5.74) is 1.54. The summed E-state index contributed by atoms with van der Waals surface area (Å²) in [4.78, 5) is 6.94. The summed E-state index contributed by atoms with van der Waals surface area (Å²) in [7, 11) is -2.17. The van der Waals surface area contributed by atoms with E-state index in [0.29, 0.717) is 11.4 Å². The minimum Gasteiger partial charge on any atom is -0.331 e. The zero-order chi connectivity index (χ0) is 15.6. The van der Waals surface area contributed by atoms with Gasteiger partial charge in [0.25, 0.3) is 10.0 Å². The van der Waals surface area contributed by atoms with Crippen LogP contribution >= 0.6 is 0 Å². The Morgan fingerprint density at radius 1 is 1.00 bits per heavy atom. The molecule has 0 amide bonds. The quantitative estimate of drug-likeness (QED) is 0.805. The zero-order valence-corrected chi connectivity index (χ0v) is 12.8. The van der Waals surface area contributed by atoms with Gasteiger partial charge >= 0.3 is 0 Å². The number of nitrogens with one attached hydrogen (secondary N) is 1. The molecule has 5 nitrogen and oxygen atoms in total. The van der Waals surface area contributed by atoms with Gasteiger partial charge in [-0.15, -0.1) is 0 Å². The SMILES string of the molecule is CN(c1cnc[nH]1)S(=O)(=O)c1ccccc1-c1ccccc1. The highest BCUT2D eigenvalue weighted by atomic mass is 32.2. The maximum absolute atomic E-state index is 12.9. The number of hydrogen-bond acceptors (Lipinski definition) is 3. The number of aromatic amines is 1. The fourth-order valence-corrected chi connectivity index (χ4v) is 3.61. The van der Waals surface area contributed by atoms with Crippen molar-refractivity contribution in [2.24, 2.45) is 0 Å². The summed E-state index contributed by atoms with van der Waals surface area (Å²) in [6.45, 7) is 0. The first kappa shape index (κ1) is 14.3. The Hall–Kier alpha value is -2.60. The normalized spacial score (nSPS) is 11.3. The average Bonchev–Trinajstić information content (AvgIpc) is 3.09. The van der Waals surface area contributed by atoms with Crippen molar-refractivity contribution < 1.29 is 8.42 Å². The van der Waals surface area contributed by atoms with Crippen molar-refractivity contribution >= 4 is 15.8 Å². The predicted octanol–water partition coefficient (Wildman–Crippen LogP) is 2.90. The smallest absolute Gasteiger partial charge is 0.265 e. The molecule has 1 heterocycles. The van der Waals surface area contributed by atoms with Gasteiger partial charge in [0, 0.05) is 12.6 Å². The number of benzene rings is 2. The van der Waals surface area contributed by atoms with Crippen LogP contribution in [0.5, 0.6) is 0 Å². The molecule has 0 atom stereocenters. The fraction of sp³-hybridized carbons (Fsp3) is 0.0625. The largest absolute Gasteiger partial charge is 0.331 e. The molecule has 0 radical (unpaired) electrons. The number of nitrogens with zero attached hydrogens (tertiary/aromatic N) is 2. The van der Waals surface area contributed by atoms with E-state index in [1.165, 1.54) is 23.9 Å². The molecular formula is C16H15N3O2S. The molecule has 3 rings (SSSR count). The third-order valence-corrected chi connectivity index (χ3v) is 5.26. The average molecular weight is 313 g/mol. The number of aromatic nitrogens is 2. The molecule has 22 heavy (non-hydrogen) atoms. The van der Waals surface area contributed by atoms with Crippen molar-refractivity contribution in [1.82, 2.24) is 9.97 Å². The van der Waals surface area contributed by atoms with Crippen molar-refractivity contribution in [1.29, 1.82) is 0 Å². The van der Waals surface area contributed by atoms with Gasteiger partial charge in [0.05, 0.1) is 17.4 Å². The summed E-state index contributed by atoms with van der Waals surface area (Å²) in [5.74, 6) is 0.419. The van der Waals surface area contributed by atoms with Crippen molar-refractivity contribution in [3.63, 3.8) is 0 Å². The topological polar surface area (TPSA) is 66.1 Å². The van der Waals surface area contributed by atoms with E-state index in [9.17, 15) is 8.42 Å². The second kappa shape index (κ2) is 5.65. The summed E-state index contributed by atoms with van der Waals surface area (Å²) < 4.78 is 27.0. The predicted molar refractivity (Wildman–Crippen MR) is 86.1 cm³/mol. The van der Waals surface area contributed by atoms with Gasteiger partial charge in [0.2, 0.25) is 0 Å². The second-order valence-electron chi connectivity index (χ2n) is 4.77. The molecule has 0 saturated carbocycles. The van der Waals surface area contributed by atoms with E-state index in [1.54, 1.807) is 12.1 Å². The van der Waals surface area contributed by atoms with Gasteiger partial charge in [-0.3, -0.25) is 4.31 Å². The number of sulfonamides is 1. The van der Waals surface area contributed by atoms with Gasteiger partial charge in [0.1, 0.15) is 5.82 Å². The Morgan fingerprint density at radius 3 is 2.36 bits per heavy atom. The van der Waals surface area contributed by atoms with Crippen LogP contribution in [-0.2, 0) is 10.0 Å². The fourth-order valence-electron chi connectivity index (χ4n) is 2.25. The molecule has 0 fully saturated rings. The van der Waals surface area contributed by atoms with E-state index in [0.717, 1.165) is 5.56 Å². The lowest BCUT2D eigenvalue weighted by atomic mass is 10.1. The maximum atomic E-state index is 12.9. The van der Waals surface area contributed by atoms with Gasteiger partial charge < -0.3 is 4.98 Å². The van der Waals surface area contributed by atoms with Gasteiger partial charge in [-0.25, -0.2) is 13.4 Å². The molecule has 0 bridgehead atoms. The number of hydrogen-bond donors (Lipinski definition) is 1. The van der Waals surface area contributed by atoms with Crippen LogP contribution in [-0.4, -0.2) is 25.4 Å². The van der Waals surface area contributed by atoms with Crippen LogP contribution in [0, 0.1) is 0 Å². The standard InChI is InChI=1S/C16H15N3O2S/c1-19(16-11-17-12-18-16)22(20,21)15-10-6-5-9-14(15)13-7-3-2-4-8-13/h2-12H,1H3,(H,17,18). The zero-order valence-electron chi connectivity index (χ0n) is 12.0. The van der Waals surface area contributed by atoms with Crippen molar-refractivity contribution in [2.75, 3.05) is 11.4 Å². The molecule has 0 aliphatic carbocycles. The summed E-state index contributed by atoms with van der Waals surface area (Å²) in [5, 5.41) is 0. The van der Waals surface area contributed by atoms with Gasteiger partial charge in [-0.1, -0.05) is 48.5 Å². The second-order valence-corrected chi connectivity index (χ2v) is 6.71. The summed E-state index contributed by atoms with van der Waals surface area (Å²) >= 11 is 0. The molecule has 1 N–H and O–H groups in total. The van der Waals surface area contributed by atoms with E-state index in [-0.39, 0.29) is 4.90 Å². The van der Waals surface area contributed by atoms with Gasteiger partial charge in [0.15, 0.2) is 0 Å².